The van der Waals surface area contributed by atoms with Crippen LogP contribution < -0.4 is 5.79 Å². The fourth-order valence-electron chi connectivity index (χ4n) is 3.16. The Bertz CT molecular complexity index is 605. The fraction of sp³-hybridized carbons (Fsp3) is 0.667. The molecule has 0 saturated heterocycles. The van der Waals surface area contributed by atoms with Gasteiger partial charge in [-0.15, -0.1) is 0 Å². The van der Waals surface area contributed by atoms with E-state index in [0.29, 0.717) is 6.54 Å². The predicted molar refractivity (Wildman–Crippen MR) is 110 cm³/mol. The van der Waals surface area contributed by atoms with Gasteiger partial charge in [0.2, 0.25) is 0 Å². The van der Waals surface area contributed by atoms with Crippen molar-refractivity contribution in [2.24, 2.45) is 0 Å². The van der Waals surface area contributed by atoms with Crippen LogP contribution in [0.25, 0.3) is 0 Å². The molecule has 1 aliphatic rings. The molecule has 134 valence electrons. The molecule has 3 nitrogen and oxygen atoms in total. The number of unbranched alkanes of at least 4 members (excludes halogenated alkanes) is 3. The number of nitrogens with zero attached hydrogens (tertiary/aromatic N) is 1. The molecule has 0 unspecified atom stereocenters. The molecule has 1 aliphatic heterocycles. The minimum atomic E-state index is -2.43. The van der Waals surface area contributed by atoms with Crippen molar-refractivity contribution in [2.75, 3.05) is 6.54 Å². The summed E-state index contributed by atoms with van der Waals surface area (Å²) in [7, 11) is 0. The Morgan fingerprint density at radius 2 is 1.25 bits per heavy atom. The predicted octanol–water partition coefficient (Wildman–Crippen LogP) is 4.01. The third-order valence-electron chi connectivity index (χ3n) is 4.42. The second-order valence-electron chi connectivity index (χ2n) is 8.83. The van der Waals surface area contributed by atoms with Gasteiger partial charge in [0.25, 0.3) is 0 Å². The van der Waals surface area contributed by atoms with Crippen LogP contribution in [-0.4, -0.2) is 60.0 Å². The molecule has 0 saturated carbocycles. The van der Waals surface area contributed by atoms with E-state index in [1.165, 1.54) is 18.6 Å². The van der Waals surface area contributed by atoms with Crippen LogP contribution in [0, 0.1) is 0 Å². The number of amides is 2. The van der Waals surface area contributed by atoms with Gasteiger partial charge in [0.05, 0.1) is 0 Å². The number of thiophene rings is 1. The molecule has 0 radical (unpaired) electrons. The van der Waals surface area contributed by atoms with E-state index in [9.17, 15) is 9.59 Å². The average molecular weight is 563 g/mol. The van der Waals surface area contributed by atoms with Crippen LogP contribution in [0.3, 0.4) is 0 Å². The van der Waals surface area contributed by atoms with Gasteiger partial charge in [-0.05, 0) is 0 Å². The fourth-order valence-corrected chi connectivity index (χ4v) is 19.6. The molecule has 0 aromatic carbocycles. The van der Waals surface area contributed by atoms with E-state index in [2.05, 4.69) is 36.6 Å². The molecule has 1 aromatic rings. The Morgan fingerprint density at radius 1 is 0.792 bits per heavy atom. The first-order chi connectivity index (χ1) is 11.0. The topological polar surface area (TPSA) is 37.4 Å². The van der Waals surface area contributed by atoms with Gasteiger partial charge in [-0.1, -0.05) is 0 Å². The van der Waals surface area contributed by atoms with Crippen LogP contribution in [0.4, 0.5) is 0 Å². The Labute approximate surface area is 158 Å². The monoisotopic (exact) mass is 565 g/mol. The zero-order valence-electron chi connectivity index (χ0n) is 16.2. The summed E-state index contributed by atoms with van der Waals surface area (Å²) in [5.74, 6) is 0.0114. The summed E-state index contributed by atoms with van der Waals surface area (Å²) in [4.78, 5) is 41.8. The maximum atomic E-state index is 13.0. The number of carbonyl (C=O) groups excluding carboxylic acids is 2. The summed E-state index contributed by atoms with van der Waals surface area (Å²) in [6.07, 6.45) is 4.36. The normalized spacial score (nSPS) is 15.4. The third kappa shape index (κ3) is 4.05. The van der Waals surface area contributed by atoms with Crippen molar-refractivity contribution in [1.82, 2.24) is 4.90 Å². The molecule has 0 spiro atoms. The Balaban J connectivity index is 2.43. The molecule has 0 fully saturated rings. The van der Waals surface area contributed by atoms with Crippen LogP contribution >= 0.6 is 11.3 Å². The van der Waals surface area contributed by atoms with Crippen molar-refractivity contribution < 1.29 is 9.59 Å². The Morgan fingerprint density at radius 3 is 1.62 bits per heavy atom. The van der Waals surface area contributed by atoms with Crippen molar-refractivity contribution in [3.05, 3.63) is 11.1 Å². The van der Waals surface area contributed by atoms with E-state index in [1.54, 1.807) is 4.90 Å². The molecule has 2 rings (SSSR count). The van der Waals surface area contributed by atoms with Crippen LogP contribution in [-0.2, 0) is 0 Å². The Kier molecular flexibility index (Phi) is 6.56. The van der Waals surface area contributed by atoms with Crippen molar-refractivity contribution >= 4 is 65.7 Å². The van der Waals surface area contributed by atoms with Gasteiger partial charge in [-0.25, -0.2) is 0 Å². The summed E-state index contributed by atoms with van der Waals surface area (Å²) < 4.78 is 2.63. The minimum absolute atomic E-state index is 0.00571. The van der Waals surface area contributed by atoms with E-state index in [0.717, 1.165) is 24.0 Å². The molecule has 24 heavy (non-hydrogen) atoms. The van der Waals surface area contributed by atoms with Crippen LogP contribution in [0.15, 0.2) is 0 Å². The SMILES string of the molecule is CCCCCCN1C(=O)c2[c]([Sn]([CH3])([CH3])[CH3])s[c]([Sn]([CH3])([CH3])[CH3])c2C1=O. The van der Waals surface area contributed by atoms with E-state index in [-0.39, 0.29) is 11.8 Å². The standard InChI is InChI=1S/C12H13NO2S.6CH3.2Sn/c1-2-3-4-5-6-13-11(14)9-7-16-8-10(9)12(13)15;;;;;;;;/h2-6H2,1H3;6*1H3;;. The molecule has 0 N–H and O–H groups in total. The van der Waals surface area contributed by atoms with E-state index in [1.807, 2.05) is 11.3 Å². The summed E-state index contributed by atoms with van der Waals surface area (Å²) in [5, 5.41) is 0. The zero-order chi connectivity index (χ0) is 18.3. The van der Waals surface area contributed by atoms with Crippen molar-refractivity contribution in [1.29, 1.82) is 0 Å². The average Bonchev–Trinajstić information content (AvgIpc) is 2.95. The second kappa shape index (κ2) is 7.59. The molecule has 0 atom stereocenters. The van der Waals surface area contributed by atoms with Gasteiger partial charge in [0.15, 0.2) is 0 Å². The summed E-state index contributed by atoms with van der Waals surface area (Å²) in [5.41, 5.74) is 1.65. The van der Waals surface area contributed by atoms with Crippen LogP contribution in [0.2, 0.25) is 29.6 Å². The molecular formula is C18H31NO2SSn2. The van der Waals surface area contributed by atoms with Gasteiger partial charge in [0, 0.05) is 0 Å². The molecule has 1 aromatic heterocycles. The molecular weight excluding hydrogens is 532 g/mol. The number of hydrogen-bond acceptors (Lipinski definition) is 3. The van der Waals surface area contributed by atoms with Gasteiger partial charge in [-0.3, -0.25) is 0 Å². The first-order valence-electron chi connectivity index (χ1n) is 9.04. The van der Waals surface area contributed by atoms with Crippen LogP contribution in [0.5, 0.6) is 0 Å². The van der Waals surface area contributed by atoms with Crippen molar-refractivity contribution in [3.8, 4) is 0 Å². The van der Waals surface area contributed by atoms with Gasteiger partial charge in [0.1, 0.15) is 0 Å². The second-order valence-corrected chi connectivity index (χ2v) is 40.5. The summed E-state index contributed by atoms with van der Waals surface area (Å²) >= 11 is -3.02. The first kappa shape index (κ1) is 20.7. The number of imide groups is 1. The molecule has 0 aliphatic carbocycles. The third-order valence-corrected chi connectivity index (χ3v) is 24.4. The van der Waals surface area contributed by atoms with E-state index in [4.69, 9.17) is 0 Å². The van der Waals surface area contributed by atoms with Gasteiger partial charge in [-0.2, -0.15) is 0 Å². The van der Waals surface area contributed by atoms with Crippen LogP contribution in [0.1, 0.15) is 53.3 Å². The van der Waals surface area contributed by atoms with E-state index >= 15 is 0 Å². The van der Waals surface area contributed by atoms with Crippen molar-refractivity contribution in [2.45, 2.75) is 62.2 Å². The molecule has 2 heterocycles. The number of hydrogen-bond donors (Lipinski definition) is 0. The molecule has 0 bridgehead atoms. The zero-order valence-corrected chi connectivity index (χ0v) is 22.7. The quantitative estimate of drug-likeness (QED) is 0.286. The number of fused-ring (bicyclic) bond motifs is 1. The molecule has 6 heteroatoms. The Hall–Kier alpha value is 0.437. The summed E-state index contributed by atoms with van der Waals surface area (Å²) in [6.45, 7) is 2.77. The van der Waals surface area contributed by atoms with Gasteiger partial charge >= 0.3 is 160 Å². The number of carbonyl (C=O) groups is 2. The van der Waals surface area contributed by atoms with Crippen molar-refractivity contribution in [3.63, 3.8) is 0 Å². The number of rotatable bonds is 7. The molecule has 2 amide bonds. The maximum absolute atomic E-state index is 13.0. The van der Waals surface area contributed by atoms with E-state index < -0.39 is 36.8 Å². The summed E-state index contributed by atoms with van der Waals surface area (Å²) in [6, 6.07) is 0. The van der Waals surface area contributed by atoms with Gasteiger partial charge < -0.3 is 0 Å². The first-order valence-corrected chi connectivity index (χ1v) is 29.8.